The third-order valence-electron chi connectivity index (χ3n) is 3.48. The summed E-state index contributed by atoms with van der Waals surface area (Å²) in [6, 6.07) is 5.75. The topological polar surface area (TPSA) is 75.6 Å². The molecule has 2 N–H and O–H groups in total. The number of H-pyrrole nitrogens is 1. The molecule has 6 nitrogen and oxygen atoms in total. The number of aromatic amines is 1. The van der Waals surface area contributed by atoms with Crippen LogP contribution in [0.4, 0.5) is 5.82 Å². The molecule has 3 rings (SSSR count). The molecule has 1 unspecified atom stereocenters. The van der Waals surface area contributed by atoms with Crippen molar-refractivity contribution in [3.05, 3.63) is 41.7 Å². The van der Waals surface area contributed by atoms with Gasteiger partial charge in [0.1, 0.15) is 11.6 Å². The number of carbonyl (C=O) groups is 1. The van der Waals surface area contributed by atoms with E-state index < -0.39 is 0 Å². The molecule has 0 saturated carbocycles. The quantitative estimate of drug-likeness (QED) is 0.756. The fourth-order valence-corrected chi connectivity index (χ4v) is 2.96. The van der Waals surface area contributed by atoms with Crippen molar-refractivity contribution in [1.29, 1.82) is 0 Å². The molecule has 0 aromatic carbocycles. The zero-order valence-corrected chi connectivity index (χ0v) is 13.2. The number of amides is 1. The highest BCUT2D eigenvalue weighted by Gasteiger charge is 2.15. The number of thiophene rings is 1. The van der Waals surface area contributed by atoms with Gasteiger partial charge in [-0.1, -0.05) is 6.92 Å². The summed E-state index contributed by atoms with van der Waals surface area (Å²) in [7, 11) is 0. The molecule has 1 amide bonds. The number of hydrogen-bond acceptors (Lipinski definition) is 4. The van der Waals surface area contributed by atoms with Gasteiger partial charge < -0.3 is 10.3 Å². The maximum Gasteiger partial charge on any atom is 0.266 e. The van der Waals surface area contributed by atoms with E-state index in [-0.39, 0.29) is 11.9 Å². The molecule has 3 heterocycles. The Morgan fingerprint density at radius 1 is 1.41 bits per heavy atom. The zero-order chi connectivity index (χ0) is 15.5. The van der Waals surface area contributed by atoms with Crippen LogP contribution >= 0.6 is 11.3 Å². The van der Waals surface area contributed by atoms with Gasteiger partial charge in [-0.2, -0.15) is 5.10 Å². The van der Waals surface area contributed by atoms with Crippen LogP contribution in [0.3, 0.4) is 0 Å². The van der Waals surface area contributed by atoms with Gasteiger partial charge in [0, 0.05) is 18.5 Å². The summed E-state index contributed by atoms with van der Waals surface area (Å²) in [5, 5.41) is 7.19. The van der Waals surface area contributed by atoms with Crippen LogP contribution in [0.1, 0.15) is 36.0 Å². The minimum Gasteiger partial charge on any atom is -0.344 e. The van der Waals surface area contributed by atoms with Gasteiger partial charge in [0.15, 0.2) is 0 Å². The number of nitrogens with one attached hydrogen (secondary N) is 2. The lowest BCUT2D eigenvalue weighted by Crippen LogP contribution is -2.16. The molecule has 7 heteroatoms. The minimum atomic E-state index is -0.132. The van der Waals surface area contributed by atoms with Gasteiger partial charge in [0.05, 0.1) is 22.0 Å². The van der Waals surface area contributed by atoms with E-state index in [0.29, 0.717) is 10.7 Å². The van der Waals surface area contributed by atoms with Crippen LogP contribution in [-0.2, 0) is 0 Å². The van der Waals surface area contributed by atoms with Crippen molar-refractivity contribution in [3.63, 3.8) is 0 Å². The standard InChI is InChI=1S/C15H17N5OS/c1-3-10(2)20-13(6-7-18-20)19-15(21)12-5-4-11(22-12)14-16-8-9-17-14/h4-10H,3H2,1-2H3,(H,16,17)(H,19,21). The van der Waals surface area contributed by atoms with Gasteiger partial charge in [0.2, 0.25) is 0 Å². The monoisotopic (exact) mass is 315 g/mol. The van der Waals surface area contributed by atoms with E-state index in [1.54, 1.807) is 18.6 Å². The number of carbonyl (C=O) groups excluding carboxylic acids is 1. The number of aromatic nitrogens is 4. The Labute approximate surface area is 132 Å². The first-order chi connectivity index (χ1) is 10.7. The highest BCUT2D eigenvalue weighted by atomic mass is 32.1. The first-order valence-corrected chi connectivity index (χ1v) is 7.95. The van der Waals surface area contributed by atoms with E-state index in [1.165, 1.54) is 11.3 Å². The summed E-state index contributed by atoms with van der Waals surface area (Å²) in [4.78, 5) is 21.2. The summed E-state index contributed by atoms with van der Waals surface area (Å²) >= 11 is 1.41. The van der Waals surface area contributed by atoms with Crippen LogP contribution < -0.4 is 5.32 Å². The molecule has 0 aliphatic rings. The lowest BCUT2D eigenvalue weighted by molar-refractivity contribution is 0.102. The molecular formula is C15H17N5OS. The van der Waals surface area contributed by atoms with Crippen LogP contribution in [-0.4, -0.2) is 25.7 Å². The van der Waals surface area contributed by atoms with Gasteiger partial charge in [0.25, 0.3) is 5.91 Å². The average molecular weight is 315 g/mol. The molecule has 3 aromatic heterocycles. The molecule has 22 heavy (non-hydrogen) atoms. The van der Waals surface area contributed by atoms with Crippen LogP contribution in [0.15, 0.2) is 36.8 Å². The summed E-state index contributed by atoms with van der Waals surface area (Å²) in [5.74, 6) is 1.36. The predicted molar refractivity (Wildman–Crippen MR) is 87.1 cm³/mol. The third kappa shape index (κ3) is 2.80. The minimum absolute atomic E-state index is 0.132. The number of nitrogens with zero attached hydrogens (tertiary/aromatic N) is 3. The molecule has 3 aromatic rings. The number of imidazole rings is 1. The Bertz CT molecular complexity index is 759. The Hall–Kier alpha value is -2.41. The smallest absolute Gasteiger partial charge is 0.266 e. The molecule has 0 saturated heterocycles. The van der Waals surface area contributed by atoms with Crippen LogP contribution in [0.25, 0.3) is 10.7 Å². The molecule has 0 aliphatic heterocycles. The van der Waals surface area contributed by atoms with E-state index in [0.717, 1.165) is 17.1 Å². The second kappa shape index (κ2) is 6.15. The molecule has 1 atom stereocenters. The van der Waals surface area contributed by atoms with Crippen molar-refractivity contribution in [3.8, 4) is 10.7 Å². The highest BCUT2D eigenvalue weighted by Crippen LogP contribution is 2.26. The largest absolute Gasteiger partial charge is 0.344 e. The van der Waals surface area contributed by atoms with Gasteiger partial charge in [-0.15, -0.1) is 11.3 Å². The first-order valence-electron chi connectivity index (χ1n) is 7.13. The third-order valence-corrected chi connectivity index (χ3v) is 4.57. The number of hydrogen-bond donors (Lipinski definition) is 2. The van der Waals surface area contributed by atoms with Crippen molar-refractivity contribution in [2.24, 2.45) is 0 Å². The van der Waals surface area contributed by atoms with E-state index in [9.17, 15) is 4.79 Å². The summed E-state index contributed by atoms with van der Waals surface area (Å²) in [5.41, 5.74) is 0. The molecule has 114 valence electrons. The van der Waals surface area contributed by atoms with Crippen LogP contribution in [0, 0.1) is 0 Å². The molecule has 0 aliphatic carbocycles. The zero-order valence-electron chi connectivity index (χ0n) is 12.4. The van der Waals surface area contributed by atoms with Crippen LogP contribution in [0.2, 0.25) is 0 Å². The van der Waals surface area contributed by atoms with Crippen molar-refractivity contribution in [2.75, 3.05) is 5.32 Å². The summed E-state index contributed by atoms with van der Waals surface area (Å²) < 4.78 is 1.83. The Morgan fingerprint density at radius 3 is 3.00 bits per heavy atom. The van der Waals surface area contributed by atoms with Crippen molar-refractivity contribution in [1.82, 2.24) is 19.7 Å². The van der Waals surface area contributed by atoms with Crippen molar-refractivity contribution in [2.45, 2.75) is 26.3 Å². The second-order valence-corrected chi connectivity index (χ2v) is 6.06. The second-order valence-electron chi connectivity index (χ2n) is 4.97. The van der Waals surface area contributed by atoms with Gasteiger partial charge >= 0.3 is 0 Å². The Morgan fingerprint density at radius 2 is 2.27 bits per heavy atom. The van der Waals surface area contributed by atoms with Crippen molar-refractivity contribution >= 4 is 23.1 Å². The number of rotatable bonds is 5. The Balaban J connectivity index is 1.77. The maximum atomic E-state index is 12.4. The lowest BCUT2D eigenvalue weighted by Gasteiger charge is -2.13. The normalized spacial score (nSPS) is 12.3. The predicted octanol–water partition coefficient (Wildman–Crippen LogP) is 3.56. The van der Waals surface area contributed by atoms with Gasteiger partial charge in [-0.3, -0.25) is 4.79 Å². The first kappa shape index (κ1) is 14.5. The van der Waals surface area contributed by atoms with E-state index in [1.807, 2.05) is 22.9 Å². The molecule has 0 spiro atoms. The van der Waals surface area contributed by atoms with E-state index in [2.05, 4.69) is 34.2 Å². The SMILES string of the molecule is CCC(C)n1nccc1NC(=O)c1ccc(-c2ncc[nH]2)s1. The van der Waals surface area contributed by atoms with Gasteiger partial charge in [-0.25, -0.2) is 9.67 Å². The molecule has 0 bridgehead atoms. The summed E-state index contributed by atoms with van der Waals surface area (Å²) in [6.07, 6.45) is 6.11. The fraction of sp³-hybridized carbons (Fsp3) is 0.267. The van der Waals surface area contributed by atoms with E-state index >= 15 is 0 Å². The maximum absolute atomic E-state index is 12.4. The Kier molecular flexibility index (Phi) is 4.06. The number of anilines is 1. The van der Waals surface area contributed by atoms with Crippen molar-refractivity contribution < 1.29 is 4.79 Å². The molecular weight excluding hydrogens is 298 g/mol. The van der Waals surface area contributed by atoms with E-state index in [4.69, 9.17) is 0 Å². The molecule has 0 fully saturated rings. The fourth-order valence-electron chi connectivity index (χ4n) is 2.10. The summed E-state index contributed by atoms with van der Waals surface area (Å²) in [6.45, 7) is 4.16. The highest BCUT2D eigenvalue weighted by molar-refractivity contribution is 7.17. The lowest BCUT2D eigenvalue weighted by atomic mass is 10.3. The van der Waals surface area contributed by atoms with Crippen LogP contribution in [0.5, 0.6) is 0 Å². The van der Waals surface area contributed by atoms with Gasteiger partial charge in [-0.05, 0) is 25.5 Å². The average Bonchev–Trinajstić information content (AvgIpc) is 3.25. The molecule has 0 radical (unpaired) electrons.